The van der Waals surface area contributed by atoms with Crippen LogP contribution in [-0.4, -0.2) is 32.8 Å². The maximum absolute atomic E-state index is 13.2. The largest absolute Gasteiger partial charge is 0.349 e. The molecule has 2 aromatic carbocycles. The Morgan fingerprint density at radius 3 is 2.19 bits per heavy atom. The molecule has 4 bridgehead atoms. The third kappa shape index (κ3) is 4.18. The summed E-state index contributed by atoms with van der Waals surface area (Å²) >= 11 is 0. The lowest BCUT2D eigenvalue weighted by Gasteiger charge is -2.54. The zero-order valence-electron chi connectivity index (χ0n) is 20.5. The molecule has 0 atom stereocenters. The highest BCUT2D eigenvalue weighted by Gasteiger charge is 2.48. The van der Waals surface area contributed by atoms with Crippen LogP contribution in [0.1, 0.15) is 52.8 Å². The van der Waals surface area contributed by atoms with Gasteiger partial charge in [0.2, 0.25) is 0 Å². The van der Waals surface area contributed by atoms with E-state index in [1.807, 2.05) is 42.5 Å². The number of nitrogens with zero attached hydrogens (tertiary/aromatic N) is 2. The number of nitrogens with one attached hydrogen (secondary N) is 3. The van der Waals surface area contributed by atoms with Crippen molar-refractivity contribution in [2.45, 2.75) is 38.1 Å². The highest BCUT2D eigenvalue weighted by atomic mass is 16.2. The molecule has 3 N–H and O–H groups in total. The summed E-state index contributed by atoms with van der Waals surface area (Å²) in [7, 11) is 0. The number of anilines is 1. The second kappa shape index (κ2) is 8.83. The number of fused-ring (bicyclic) bond motifs is 1. The molecule has 0 saturated heterocycles. The maximum Gasteiger partial charge on any atom is 0.255 e. The number of benzene rings is 2. The number of hydrogen-bond donors (Lipinski definition) is 3. The predicted molar refractivity (Wildman–Crippen MR) is 142 cm³/mol. The van der Waals surface area contributed by atoms with Gasteiger partial charge in [0.05, 0.1) is 11.0 Å². The number of carbonyl (C=O) groups is 2. The smallest absolute Gasteiger partial charge is 0.255 e. The molecule has 4 aliphatic carbocycles. The van der Waals surface area contributed by atoms with Crippen LogP contribution >= 0.6 is 0 Å². The van der Waals surface area contributed by atoms with Crippen LogP contribution < -0.4 is 10.6 Å². The molecule has 186 valence electrons. The van der Waals surface area contributed by atoms with E-state index in [4.69, 9.17) is 4.98 Å². The summed E-state index contributed by atoms with van der Waals surface area (Å²) < 4.78 is 0. The van der Waals surface area contributed by atoms with E-state index in [1.54, 1.807) is 24.5 Å². The Balaban J connectivity index is 1.05. The molecule has 37 heavy (non-hydrogen) atoms. The number of aromatic amines is 1. The van der Waals surface area contributed by atoms with Crippen LogP contribution in [0.5, 0.6) is 0 Å². The first-order valence-electron chi connectivity index (χ1n) is 13.2. The molecular weight excluding hydrogens is 462 g/mol. The van der Waals surface area contributed by atoms with E-state index in [9.17, 15) is 9.59 Å². The quantitative estimate of drug-likeness (QED) is 0.346. The number of amides is 2. The molecular formula is C30H29N5O2. The normalized spacial score (nSPS) is 25.8. The van der Waals surface area contributed by atoms with Crippen LogP contribution in [0.15, 0.2) is 67.0 Å². The summed E-state index contributed by atoms with van der Waals surface area (Å²) in [6.07, 6.45) is 9.74. The fourth-order valence-corrected chi connectivity index (χ4v) is 7.10. The van der Waals surface area contributed by atoms with Crippen molar-refractivity contribution in [1.29, 1.82) is 0 Å². The molecule has 2 aromatic heterocycles. The summed E-state index contributed by atoms with van der Waals surface area (Å²) in [5, 5.41) is 6.30. The Bertz CT molecular complexity index is 1450. The van der Waals surface area contributed by atoms with Crippen LogP contribution in [0, 0.1) is 23.7 Å². The molecule has 2 heterocycles. The van der Waals surface area contributed by atoms with E-state index in [0.717, 1.165) is 34.3 Å². The molecule has 8 rings (SSSR count). The topological polar surface area (TPSA) is 99.8 Å². The average molecular weight is 492 g/mol. The first kappa shape index (κ1) is 22.2. The van der Waals surface area contributed by atoms with E-state index < -0.39 is 0 Å². The summed E-state index contributed by atoms with van der Waals surface area (Å²) in [6, 6.07) is 16.9. The monoisotopic (exact) mass is 491 g/mol. The third-order valence-corrected chi connectivity index (χ3v) is 8.63. The van der Waals surface area contributed by atoms with Gasteiger partial charge < -0.3 is 15.6 Å². The van der Waals surface area contributed by atoms with E-state index in [1.165, 1.54) is 32.1 Å². The van der Waals surface area contributed by atoms with Gasteiger partial charge >= 0.3 is 0 Å². The zero-order valence-corrected chi connectivity index (χ0v) is 20.5. The Hall–Kier alpha value is -4.00. The molecule has 7 nitrogen and oxygen atoms in total. The molecule has 0 unspecified atom stereocenters. The lowest BCUT2D eigenvalue weighted by molar-refractivity contribution is -0.0119. The number of pyridine rings is 1. The third-order valence-electron chi connectivity index (χ3n) is 8.63. The molecule has 4 aliphatic rings. The highest BCUT2D eigenvalue weighted by Crippen LogP contribution is 2.53. The molecule has 0 spiro atoms. The van der Waals surface area contributed by atoms with E-state index >= 15 is 0 Å². The minimum Gasteiger partial charge on any atom is -0.349 e. The molecule has 0 aliphatic heterocycles. The van der Waals surface area contributed by atoms with E-state index in [-0.39, 0.29) is 11.8 Å². The lowest BCUT2D eigenvalue weighted by atomic mass is 9.54. The fraction of sp³-hybridized carbons (Fsp3) is 0.333. The van der Waals surface area contributed by atoms with Gasteiger partial charge in [0.25, 0.3) is 11.8 Å². The molecule has 4 saturated carbocycles. The molecule has 4 aromatic rings. The van der Waals surface area contributed by atoms with Crippen molar-refractivity contribution < 1.29 is 9.59 Å². The van der Waals surface area contributed by atoms with Crippen LogP contribution in [0.4, 0.5) is 5.69 Å². The lowest BCUT2D eigenvalue weighted by Crippen LogP contribution is -2.55. The first-order chi connectivity index (χ1) is 18.1. The standard InChI is InChI=1S/C30H29N5O2/c36-29(20-7-9-31-10-8-20)32-24-4-1-19(2-5-24)28-33-25-6-3-21(16-26(25)34-28)30(37)35-27-22-12-17-11-18(14-22)15-23(27)13-17/h1-10,16-18,22-23,27H,11-15H2,(H,32,36)(H,33,34)(H,35,37). The summed E-state index contributed by atoms with van der Waals surface area (Å²) in [6.45, 7) is 0. The summed E-state index contributed by atoms with van der Waals surface area (Å²) in [5.74, 6) is 3.65. The van der Waals surface area contributed by atoms with Gasteiger partial charge in [-0.1, -0.05) is 0 Å². The Kier molecular flexibility index (Phi) is 5.30. The fourth-order valence-electron chi connectivity index (χ4n) is 7.10. The van der Waals surface area contributed by atoms with Crippen LogP contribution in [0.2, 0.25) is 0 Å². The average Bonchev–Trinajstić information content (AvgIpc) is 3.35. The predicted octanol–water partition coefficient (Wildman–Crippen LogP) is 5.43. The van der Waals surface area contributed by atoms with E-state index in [2.05, 4.69) is 20.6 Å². The van der Waals surface area contributed by atoms with Crippen LogP contribution in [0.3, 0.4) is 0 Å². The van der Waals surface area contributed by atoms with Gasteiger partial charge in [0, 0.05) is 40.8 Å². The van der Waals surface area contributed by atoms with Gasteiger partial charge in [0.15, 0.2) is 0 Å². The van der Waals surface area contributed by atoms with Crippen molar-refractivity contribution in [3.05, 3.63) is 78.1 Å². The van der Waals surface area contributed by atoms with Gasteiger partial charge in [-0.05, 0) is 110 Å². The van der Waals surface area contributed by atoms with Crippen molar-refractivity contribution >= 4 is 28.5 Å². The van der Waals surface area contributed by atoms with Gasteiger partial charge in [0.1, 0.15) is 5.82 Å². The van der Waals surface area contributed by atoms with Gasteiger partial charge in [-0.25, -0.2) is 4.98 Å². The number of imidazole rings is 1. The Morgan fingerprint density at radius 1 is 0.784 bits per heavy atom. The van der Waals surface area contributed by atoms with Crippen LogP contribution in [-0.2, 0) is 0 Å². The summed E-state index contributed by atoms with van der Waals surface area (Å²) in [5.41, 5.74) is 4.48. The number of carbonyl (C=O) groups excluding carboxylic acids is 2. The minimum absolute atomic E-state index is 0.0183. The SMILES string of the molecule is O=C(Nc1ccc(-c2nc3ccc(C(=O)NC4C5CC6CC(C5)CC4C6)cc3[nH]2)cc1)c1ccncc1. The van der Waals surface area contributed by atoms with Gasteiger partial charge in [-0.2, -0.15) is 0 Å². The number of rotatable bonds is 5. The zero-order chi connectivity index (χ0) is 24.9. The highest BCUT2D eigenvalue weighted by molar-refractivity contribution is 6.04. The number of H-pyrrole nitrogens is 1. The van der Waals surface area contributed by atoms with Crippen LogP contribution in [0.25, 0.3) is 22.4 Å². The Morgan fingerprint density at radius 2 is 1.49 bits per heavy atom. The van der Waals surface area contributed by atoms with Crippen molar-refractivity contribution in [2.75, 3.05) is 5.32 Å². The molecule has 2 amide bonds. The van der Waals surface area contributed by atoms with E-state index in [0.29, 0.717) is 34.7 Å². The second-order valence-corrected chi connectivity index (χ2v) is 11.0. The summed E-state index contributed by atoms with van der Waals surface area (Å²) in [4.78, 5) is 37.6. The van der Waals surface area contributed by atoms with Crippen molar-refractivity contribution in [3.8, 4) is 11.4 Å². The maximum atomic E-state index is 13.2. The van der Waals surface area contributed by atoms with Gasteiger partial charge in [-0.3, -0.25) is 14.6 Å². The molecule has 7 heteroatoms. The minimum atomic E-state index is -0.182. The Labute approximate surface area is 215 Å². The van der Waals surface area contributed by atoms with Crippen molar-refractivity contribution in [3.63, 3.8) is 0 Å². The number of aromatic nitrogens is 3. The van der Waals surface area contributed by atoms with Crippen molar-refractivity contribution in [2.24, 2.45) is 23.7 Å². The molecule has 4 fully saturated rings. The second-order valence-electron chi connectivity index (χ2n) is 11.0. The molecule has 0 radical (unpaired) electrons. The number of hydrogen-bond acceptors (Lipinski definition) is 4. The van der Waals surface area contributed by atoms with Gasteiger partial charge in [-0.15, -0.1) is 0 Å². The first-order valence-corrected chi connectivity index (χ1v) is 13.2. The van der Waals surface area contributed by atoms with Crippen molar-refractivity contribution in [1.82, 2.24) is 20.3 Å².